The normalized spacial score (nSPS) is 16.0. The summed E-state index contributed by atoms with van der Waals surface area (Å²) in [5.41, 5.74) is 0.612. The molecule has 1 saturated carbocycles. The van der Waals surface area contributed by atoms with Gasteiger partial charge in [-0.1, -0.05) is 26.7 Å². The Bertz CT molecular complexity index is 335. The quantitative estimate of drug-likeness (QED) is 0.580. The second kappa shape index (κ2) is 9.45. The monoisotopic (exact) mass is 269 g/mol. The summed E-state index contributed by atoms with van der Waals surface area (Å²) in [7, 11) is 0. The predicted molar refractivity (Wildman–Crippen MR) is 70.8 cm³/mol. The third-order valence-electron chi connectivity index (χ3n) is 2.75. The summed E-state index contributed by atoms with van der Waals surface area (Å²) < 4.78 is 5.21. The summed E-state index contributed by atoms with van der Waals surface area (Å²) in [5.74, 6) is -0.0938. The Morgan fingerprint density at radius 3 is 2.00 bits per heavy atom. The summed E-state index contributed by atoms with van der Waals surface area (Å²) in [6, 6.07) is 0.345. The fourth-order valence-corrected chi connectivity index (χ4v) is 1.94. The molecule has 1 aliphatic carbocycles. The maximum atomic E-state index is 11.8. The summed E-state index contributed by atoms with van der Waals surface area (Å²) in [6.07, 6.45) is 4.88. The van der Waals surface area contributed by atoms with Gasteiger partial charge in [-0.25, -0.2) is 4.79 Å². The highest BCUT2D eigenvalue weighted by atomic mass is 16.5. The summed E-state index contributed by atoms with van der Waals surface area (Å²) in [5, 5.41) is 0. The Labute approximate surface area is 114 Å². The molecule has 0 atom stereocenters. The van der Waals surface area contributed by atoms with E-state index in [1.54, 1.807) is 0 Å². The van der Waals surface area contributed by atoms with Crippen molar-refractivity contribution in [2.24, 2.45) is 10.9 Å². The highest BCUT2D eigenvalue weighted by molar-refractivity contribution is 6.37. The molecule has 0 unspecified atom stereocenters. The predicted octanol–water partition coefficient (Wildman–Crippen LogP) is 2.39. The minimum atomic E-state index is -0.239. The summed E-state index contributed by atoms with van der Waals surface area (Å²) >= 11 is 0. The van der Waals surface area contributed by atoms with Crippen molar-refractivity contribution >= 4 is 17.8 Å². The van der Waals surface area contributed by atoms with Gasteiger partial charge in [-0.05, 0) is 26.7 Å². The molecular weight excluding hydrogens is 246 g/mol. The van der Waals surface area contributed by atoms with E-state index < -0.39 is 0 Å². The lowest BCUT2D eigenvalue weighted by Crippen LogP contribution is -2.27. The average Bonchev–Trinajstić information content (AvgIpc) is 2.78. The van der Waals surface area contributed by atoms with E-state index in [1.807, 2.05) is 27.7 Å². The molecule has 0 radical (unpaired) electrons. The topological polar surface area (TPSA) is 72.8 Å². The Hall–Kier alpha value is -1.48. The molecule has 1 aliphatic rings. The second-order valence-corrected chi connectivity index (χ2v) is 5.14. The molecule has 0 amide bonds. The number of rotatable bonds is 4. The van der Waals surface area contributed by atoms with Crippen LogP contribution in [0.25, 0.3) is 0 Å². The third kappa shape index (κ3) is 7.52. The lowest BCUT2D eigenvalue weighted by atomic mass is 10.1. The number of hydrogen-bond donors (Lipinski definition) is 0. The van der Waals surface area contributed by atoms with Crippen LogP contribution in [0.5, 0.6) is 0 Å². The lowest BCUT2D eigenvalue weighted by Gasteiger charge is -2.14. The van der Waals surface area contributed by atoms with Crippen molar-refractivity contribution in [3.8, 4) is 0 Å². The fourth-order valence-electron chi connectivity index (χ4n) is 1.94. The van der Waals surface area contributed by atoms with Crippen LogP contribution in [0.3, 0.4) is 0 Å². The molecule has 0 N–H and O–H groups in total. The molecule has 1 rings (SSSR count). The van der Waals surface area contributed by atoms with Gasteiger partial charge in [-0.15, -0.1) is 0 Å². The van der Waals surface area contributed by atoms with Crippen molar-refractivity contribution < 1.29 is 19.1 Å². The first kappa shape index (κ1) is 17.5. The van der Waals surface area contributed by atoms with Gasteiger partial charge in [-0.3, -0.25) is 4.99 Å². The van der Waals surface area contributed by atoms with E-state index in [0.717, 1.165) is 12.8 Å². The average molecular weight is 269 g/mol. The van der Waals surface area contributed by atoms with Gasteiger partial charge < -0.3 is 4.74 Å². The van der Waals surface area contributed by atoms with Crippen molar-refractivity contribution in [1.29, 1.82) is 0 Å². The van der Waals surface area contributed by atoms with Crippen LogP contribution in [-0.4, -0.2) is 30.0 Å². The molecule has 5 heteroatoms. The Balaban J connectivity index is 0.000000982. The maximum absolute atomic E-state index is 11.8. The van der Waals surface area contributed by atoms with E-state index in [2.05, 4.69) is 4.99 Å². The van der Waals surface area contributed by atoms with Crippen molar-refractivity contribution in [1.82, 2.24) is 0 Å². The molecular formula is C14H23NO4. The van der Waals surface area contributed by atoms with Crippen LogP contribution in [-0.2, 0) is 19.1 Å². The molecule has 5 nitrogen and oxygen atoms in total. The number of carbonyl (C=O) groups excluding carboxylic acids is 3. The summed E-state index contributed by atoms with van der Waals surface area (Å²) in [6.45, 7) is 7.72. The van der Waals surface area contributed by atoms with E-state index in [-0.39, 0.29) is 24.1 Å². The number of nitrogens with zero attached hydrogens (tertiary/aromatic N) is 1. The van der Waals surface area contributed by atoms with Gasteiger partial charge in [0.25, 0.3) is 0 Å². The van der Waals surface area contributed by atoms with Crippen molar-refractivity contribution in [3.05, 3.63) is 0 Å². The zero-order valence-corrected chi connectivity index (χ0v) is 12.1. The van der Waals surface area contributed by atoms with Gasteiger partial charge in [0.1, 0.15) is 5.71 Å². The van der Waals surface area contributed by atoms with E-state index in [4.69, 9.17) is 14.3 Å². The molecule has 108 valence electrons. The summed E-state index contributed by atoms with van der Waals surface area (Å²) in [4.78, 5) is 32.6. The zero-order chi connectivity index (χ0) is 14.8. The number of hydrogen-bond acceptors (Lipinski definition) is 5. The van der Waals surface area contributed by atoms with Gasteiger partial charge in [0, 0.05) is 5.92 Å². The van der Waals surface area contributed by atoms with E-state index in [1.165, 1.54) is 12.8 Å². The molecule has 0 spiro atoms. The molecule has 1 fully saturated rings. The Morgan fingerprint density at radius 1 is 1.16 bits per heavy atom. The molecule has 0 aromatic heterocycles. The van der Waals surface area contributed by atoms with Crippen LogP contribution >= 0.6 is 0 Å². The lowest BCUT2D eigenvalue weighted by molar-refractivity contribution is -0.191. The van der Waals surface area contributed by atoms with Crippen LogP contribution in [0.4, 0.5) is 0 Å². The molecule has 0 aliphatic heterocycles. The van der Waals surface area contributed by atoms with Crippen molar-refractivity contribution in [3.63, 3.8) is 0 Å². The van der Waals surface area contributed by atoms with Crippen LogP contribution in [0, 0.1) is 5.92 Å². The van der Waals surface area contributed by atoms with Gasteiger partial charge in [0.15, 0.2) is 0 Å². The number of esters is 1. The standard InChI is InChI=1S/C13H23NO2.CO2/c1-9(2)12(13(15)16-10(3)4)14-11-7-5-6-8-11;2-1-3/h9-11H,5-8H2,1-4H3;. The maximum Gasteiger partial charge on any atom is 0.373 e. The Morgan fingerprint density at radius 2 is 1.63 bits per heavy atom. The largest absolute Gasteiger partial charge is 0.458 e. The van der Waals surface area contributed by atoms with Gasteiger partial charge in [0.05, 0.1) is 12.1 Å². The van der Waals surface area contributed by atoms with Crippen molar-refractivity contribution in [2.75, 3.05) is 0 Å². The molecule has 0 aromatic carbocycles. The zero-order valence-electron chi connectivity index (χ0n) is 12.1. The first-order valence-corrected chi connectivity index (χ1v) is 6.70. The van der Waals surface area contributed by atoms with Crippen LogP contribution in [0.15, 0.2) is 4.99 Å². The smallest absolute Gasteiger partial charge is 0.373 e. The Kier molecular flexibility index (Phi) is 8.71. The number of ether oxygens (including phenoxy) is 1. The highest BCUT2D eigenvalue weighted by Gasteiger charge is 2.22. The van der Waals surface area contributed by atoms with Crippen molar-refractivity contribution in [2.45, 2.75) is 65.5 Å². The van der Waals surface area contributed by atoms with Gasteiger partial charge in [0.2, 0.25) is 0 Å². The molecule has 0 saturated heterocycles. The third-order valence-corrected chi connectivity index (χ3v) is 2.75. The molecule has 19 heavy (non-hydrogen) atoms. The number of carbonyl (C=O) groups is 1. The molecule has 0 heterocycles. The fraction of sp³-hybridized carbons (Fsp3) is 0.786. The van der Waals surface area contributed by atoms with Gasteiger partial charge >= 0.3 is 12.1 Å². The van der Waals surface area contributed by atoms with E-state index >= 15 is 0 Å². The van der Waals surface area contributed by atoms with Crippen LogP contribution in [0.1, 0.15) is 53.4 Å². The van der Waals surface area contributed by atoms with E-state index in [0.29, 0.717) is 11.8 Å². The first-order chi connectivity index (χ1) is 8.92. The number of aliphatic imine (C=N–C) groups is 1. The molecule has 0 aromatic rings. The first-order valence-electron chi connectivity index (χ1n) is 6.70. The van der Waals surface area contributed by atoms with Gasteiger partial charge in [-0.2, -0.15) is 9.59 Å². The highest BCUT2D eigenvalue weighted by Crippen LogP contribution is 2.22. The van der Waals surface area contributed by atoms with E-state index in [9.17, 15) is 4.79 Å². The van der Waals surface area contributed by atoms with Crippen LogP contribution in [0.2, 0.25) is 0 Å². The SMILES string of the molecule is CC(C)OC(=O)C(=NC1CCCC1)C(C)C.O=C=O. The second-order valence-electron chi connectivity index (χ2n) is 5.14. The van der Waals surface area contributed by atoms with Crippen LogP contribution < -0.4 is 0 Å². The minimum absolute atomic E-state index is 0.0694. The molecule has 0 bridgehead atoms. The minimum Gasteiger partial charge on any atom is -0.458 e.